The second-order valence-electron chi connectivity index (χ2n) is 7.74. The van der Waals surface area contributed by atoms with E-state index >= 15 is 0 Å². The molecule has 9 nitrogen and oxygen atoms in total. The average Bonchev–Trinajstić information content (AvgIpc) is 3.54. The standard InChI is InChI=1S/C24H32N4O5S/c1-5-10-25-24(30)27(11-12-31-2)16-23(29)28-19(15-18(26-28)22-7-6-13-34-22)17-8-9-20(32-3)21(14-17)33-4/h6-9,13-14,19H,5,10-12,15-16H2,1-4H3,(H,25,30). The molecule has 1 unspecified atom stereocenters. The van der Waals surface area contributed by atoms with Crippen molar-refractivity contribution in [2.24, 2.45) is 5.10 Å². The van der Waals surface area contributed by atoms with Gasteiger partial charge in [0.15, 0.2) is 11.5 Å². The topological polar surface area (TPSA) is 92.7 Å². The SMILES string of the molecule is CCCNC(=O)N(CCOC)CC(=O)N1N=C(c2cccs2)CC1c1ccc(OC)c(OC)c1. The largest absolute Gasteiger partial charge is 0.493 e. The number of urea groups is 1. The van der Waals surface area contributed by atoms with Gasteiger partial charge in [-0.15, -0.1) is 11.3 Å². The Kier molecular flexibility index (Phi) is 9.29. The van der Waals surface area contributed by atoms with Crippen LogP contribution in [0.15, 0.2) is 40.8 Å². The van der Waals surface area contributed by atoms with Gasteiger partial charge in [0.1, 0.15) is 6.54 Å². The fraction of sp³-hybridized carbons (Fsp3) is 0.458. The minimum Gasteiger partial charge on any atom is -0.493 e. The van der Waals surface area contributed by atoms with E-state index in [-0.39, 0.29) is 24.5 Å². The molecule has 10 heteroatoms. The lowest BCUT2D eigenvalue weighted by atomic mass is 10.0. The Hall–Kier alpha value is -3.11. The van der Waals surface area contributed by atoms with Crippen molar-refractivity contribution in [2.45, 2.75) is 25.8 Å². The zero-order chi connectivity index (χ0) is 24.5. The Bertz CT molecular complexity index is 995. The molecule has 2 heterocycles. The summed E-state index contributed by atoms with van der Waals surface area (Å²) in [5, 5.41) is 11.0. The highest BCUT2D eigenvalue weighted by molar-refractivity contribution is 7.12. The zero-order valence-electron chi connectivity index (χ0n) is 20.1. The molecule has 2 aromatic rings. The average molecular weight is 489 g/mol. The summed E-state index contributed by atoms with van der Waals surface area (Å²) in [6.07, 6.45) is 1.36. The molecule has 184 valence electrons. The Balaban J connectivity index is 1.88. The number of nitrogens with one attached hydrogen (secondary N) is 1. The molecule has 0 radical (unpaired) electrons. The molecule has 1 atom stereocenters. The van der Waals surface area contributed by atoms with E-state index in [4.69, 9.17) is 19.3 Å². The van der Waals surface area contributed by atoms with Gasteiger partial charge in [-0.25, -0.2) is 9.80 Å². The van der Waals surface area contributed by atoms with Gasteiger partial charge in [-0.2, -0.15) is 5.10 Å². The predicted molar refractivity (Wildman–Crippen MR) is 132 cm³/mol. The van der Waals surface area contributed by atoms with Gasteiger partial charge in [-0.05, 0) is 35.6 Å². The van der Waals surface area contributed by atoms with Gasteiger partial charge in [-0.3, -0.25) is 4.79 Å². The van der Waals surface area contributed by atoms with Crippen LogP contribution in [0.5, 0.6) is 11.5 Å². The highest BCUT2D eigenvalue weighted by Gasteiger charge is 2.35. The maximum absolute atomic E-state index is 13.5. The first kappa shape index (κ1) is 25.5. The molecule has 1 aromatic carbocycles. The number of methoxy groups -OCH3 is 3. The monoisotopic (exact) mass is 488 g/mol. The molecule has 0 bridgehead atoms. The van der Waals surface area contributed by atoms with Crippen LogP contribution in [-0.2, 0) is 9.53 Å². The van der Waals surface area contributed by atoms with Gasteiger partial charge in [0.2, 0.25) is 0 Å². The lowest BCUT2D eigenvalue weighted by molar-refractivity contribution is -0.133. The van der Waals surface area contributed by atoms with Gasteiger partial charge in [0.05, 0.1) is 37.5 Å². The Labute approximate surface area is 204 Å². The van der Waals surface area contributed by atoms with Crippen molar-refractivity contribution < 1.29 is 23.8 Å². The van der Waals surface area contributed by atoms with E-state index in [9.17, 15) is 9.59 Å². The van der Waals surface area contributed by atoms with Gasteiger partial charge in [0, 0.05) is 26.6 Å². The lowest BCUT2D eigenvalue weighted by Gasteiger charge is -2.27. The molecule has 1 N–H and O–H groups in total. The summed E-state index contributed by atoms with van der Waals surface area (Å²) in [5.74, 6) is 0.923. The van der Waals surface area contributed by atoms with Crippen molar-refractivity contribution in [2.75, 3.05) is 47.6 Å². The smallest absolute Gasteiger partial charge is 0.317 e. The quantitative estimate of drug-likeness (QED) is 0.523. The van der Waals surface area contributed by atoms with Gasteiger partial charge < -0.3 is 24.4 Å². The number of hydrazone groups is 1. The summed E-state index contributed by atoms with van der Waals surface area (Å²) in [6, 6.07) is 8.94. The summed E-state index contributed by atoms with van der Waals surface area (Å²) in [6.45, 7) is 3.03. The minimum absolute atomic E-state index is 0.107. The molecular formula is C24H32N4O5S. The second kappa shape index (κ2) is 12.4. The number of ether oxygens (including phenoxy) is 3. The molecule has 1 aliphatic rings. The minimum atomic E-state index is -0.326. The summed E-state index contributed by atoms with van der Waals surface area (Å²) in [5.41, 5.74) is 1.71. The van der Waals surface area contributed by atoms with E-state index in [1.54, 1.807) is 32.7 Å². The Morgan fingerprint density at radius 1 is 1.21 bits per heavy atom. The van der Waals surface area contributed by atoms with Crippen LogP contribution in [0.25, 0.3) is 0 Å². The number of carbonyl (C=O) groups is 2. The number of rotatable bonds is 11. The summed E-state index contributed by atoms with van der Waals surface area (Å²) >= 11 is 1.58. The molecule has 34 heavy (non-hydrogen) atoms. The van der Waals surface area contributed by atoms with Crippen LogP contribution in [0, 0.1) is 0 Å². The Morgan fingerprint density at radius 2 is 2.00 bits per heavy atom. The van der Waals surface area contributed by atoms with Crippen molar-refractivity contribution in [3.05, 3.63) is 46.2 Å². The van der Waals surface area contributed by atoms with E-state index in [1.807, 2.05) is 42.6 Å². The third-order valence-corrected chi connectivity index (χ3v) is 6.39. The number of hydrogen-bond acceptors (Lipinski definition) is 7. The number of amides is 3. The first-order chi connectivity index (χ1) is 16.5. The molecule has 0 saturated heterocycles. The highest BCUT2D eigenvalue weighted by Crippen LogP contribution is 2.37. The van der Waals surface area contributed by atoms with Gasteiger partial charge in [0.25, 0.3) is 5.91 Å². The number of benzene rings is 1. The first-order valence-corrected chi connectivity index (χ1v) is 12.1. The third kappa shape index (κ3) is 6.06. The van der Waals surface area contributed by atoms with Crippen LogP contribution in [0.4, 0.5) is 4.79 Å². The van der Waals surface area contributed by atoms with Crippen LogP contribution in [0.3, 0.4) is 0 Å². The predicted octanol–water partition coefficient (Wildman–Crippen LogP) is 3.51. The van der Waals surface area contributed by atoms with Crippen molar-refractivity contribution in [3.8, 4) is 11.5 Å². The van der Waals surface area contributed by atoms with E-state index in [0.717, 1.165) is 22.6 Å². The first-order valence-electron chi connectivity index (χ1n) is 11.2. The Morgan fingerprint density at radius 3 is 2.65 bits per heavy atom. The fourth-order valence-electron chi connectivity index (χ4n) is 3.68. The third-order valence-electron chi connectivity index (χ3n) is 5.47. The number of carbonyl (C=O) groups excluding carboxylic acids is 2. The second-order valence-corrected chi connectivity index (χ2v) is 8.69. The van der Waals surface area contributed by atoms with Crippen LogP contribution in [0.2, 0.25) is 0 Å². The van der Waals surface area contributed by atoms with Gasteiger partial charge >= 0.3 is 6.03 Å². The van der Waals surface area contributed by atoms with Crippen molar-refractivity contribution >= 4 is 29.0 Å². The van der Waals surface area contributed by atoms with Crippen LogP contribution >= 0.6 is 11.3 Å². The number of nitrogens with zero attached hydrogens (tertiary/aromatic N) is 3. The molecule has 3 rings (SSSR count). The van der Waals surface area contributed by atoms with Crippen molar-refractivity contribution in [1.82, 2.24) is 15.2 Å². The highest BCUT2D eigenvalue weighted by atomic mass is 32.1. The number of thiophene rings is 1. The summed E-state index contributed by atoms with van der Waals surface area (Å²) < 4.78 is 16.0. The van der Waals surface area contributed by atoms with Gasteiger partial charge in [-0.1, -0.05) is 19.1 Å². The molecule has 3 amide bonds. The van der Waals surface area contributed by atoms with E-state index in [2.05, 4.69) is 5.32 Å². The van der Waals surface area contributed by atoms with E-state index in [0.29, 0.717) is 37.6 Å². The molecule has 1 aromatic heterocycles. The fourth-order valence-corrected chi connectivity index (χ4v) is 4.41. The molecule has 0 fully saturated rings. The molecule has 0 aliphatic carbocycles. The molecule has 0 saturated carbocycles. The molecule has 1 aliphatic heterocycles. The number of hydrogen-bond donors (Lipinski definition) is 1. The van der Waals surface area contributed by atoms with E-state index in [1.165, 1.54) is 9.91 Å². The lowest BCUT2D eigenvalue weighted by Crippen LogP contribution is -2.47. The van der Waals surface area contributed by atoms with Crippen molar-refractivity contribution in [3.63, 3.8) is 0 Å². The maximum atomic E-state index is 13.5. The summed E-state index contributed by atoms with van der Waals surface area (Å²) in [7, 11) is 4.73. The normalized spacial score (nSPS) is 15.1. The summed E-state index contributed by atoms with van der Waals surface area (Å²) in [4.78, 5) is 28.6. The van der Waals surface area contributed by atoms with Crippen LogP contribution < -0.4 is 14.8 Å². The maximum Gasteiger partial charge on any atom is 0.317 e. The van der Waals surface area contributed by atoms with Crippen LogP contribution in [-0.4, -0.2) is 75.1 Å². The zero-order valence-corrected chi connectivity index (χ0v) is 20.9. The molecule has 0 spiro atoms. The van der Waals surface area contributed by atoms with E-state index < -0.39 is 0 Å². The van der Waals surface area contributed by atoms with Crippen LogP contribution in [0.1, 0.15) is 36.2 Å². The van der Waals surface area contributed by atoms with Crippen molar-refractivity contribution in [1.29, 1.82) is 0 Å². The molecular weight excluding hydrogens is 456 g/mol.